The Bertz CT molecular complexity index is 1780. The lowest BCUT2D eigenvalue weighted by Gasteiger charge is -2.42. The average Bonchev–Trinajstić information content (AvgIpc) is 3.83. The van der Waals surface area contributed by atoms with E-state index in [1.165, 1.54) is 29.4 Å². The zero-order chi connectivity index (χ0) is 35.2. The van der Waals surface area contributed by atoms with E-state index in [9.17, 15) is 14.4 Å². The first kappa shape index (κ1) is 34.9. The summed E-state index contributed by atoms with van der Waals surface area (Å²) in [6.45, 7) is 7.11. The maximum atomic E-state index is 13.7. The minimum atomic E-state index is -0.683. The van der Waals surface area contributed by atoms with Gasteiger partial charge in [0.2, 0.25) is 0 Å². The first-order chi connectivity index (χ1) is 24.3. The molecule has 2 aliphatic heterocycles. The molecule has 1 unspecified atom stereocenters. The number of hydrogen-bond donors (Lipinski definition) is 6. The number of ether oxygens (including phenoxy) is 1. The lowest BCUT2D eigenvalue weighted by molar-refractivity contribution is -0.128. The molecule has 2 aliphatic rings. The summed E-state index contributed by atoms with van der Waals surface area (Å²) in [7, 11) is 3.60. The largest absolute Gasteiger partial charge is 0.494 e. The topological polar surface area (TPSA) is 210 Å². The molecule has 6 rings (SSSR count). The summed E-state index contributed by atoms with van der Waals surface area (Å²) in [6, 6.07) is 11.0. The Balaban J connectivity index is 1.10. The molecule has 0 spiro atoms. The van der Waals surface area contributed by atoms with Crippen molar-refractivity contribution >= 4 is 34.2 Å². The molecule has 8 N–H and O–H groups in total. The summed E-state index contributed by atoms with van der Waals surface area (Å²) in [4.78, 5) is 55.9. The molecule has 4 aromatic rings. The quantitative estimate of drug-likeness (QED) is 0.0269. The van der Waals surface area contributed by atoms with Crippen molar-refractivity contribution in [3.63, 3.8) is 0 Å². The van der Waals surface area contributed by atoms with Crippen molar-refractivity contribution in [2.45, 2.75) is 12.7 Å². The highest BCUT2D eigenvalue weighted by Gasteiger charge is 2.33. The van der Waals surface area contributed by atoms with Crippen molar-refractivity contribution in [3.05, 3.63) is 60.0 Å². The minimum Gasteiger partial charge on any atom is -0.494 e. The van der Waals surface area contributed by atoms with Gasteiger partial charge in [0.1, 0.15) is 22.8 Å². The van der Waals surface area contributed by atoms with Crippen LogP contribution >= 0.6 is 0 Å². The van der Waals surface area contributed by atoms with Crippen LogP contribution < -0.4 is 32.2 Å². The van der Waals surface area contributed by atoms with Gasteiger partial charge < -0.3 is 29.7 Å². The number of hydrogen-bond acceptors (Lipinski definition) is 13. The van der Waals surface area contributed by atoms with Crippen molar-refractivity contribution in [2.24, 2.45) is 11.7 Å². The third-order valence-electron chi connectivity index (χ3n) is 9.34. The van der Waals surface area contributed by atoms with Gasteiger partial charge in [-0.15, -0.1) is 0 Å². The number of aromatic amines is 2. The average molecular weight is 688 g/mol. The monoisotopic (exact) mass is 687 g/mol. The number of Topliss-reactive ketones (excluding diaryl/α,β-unsaturated/α-hetero) is 1. The number of para-hydroxylation sites is 1. The molecule has 0 aliphatic carbocycles. The highest BCUT2D eigenvalue weighted by molar-refractivity contribution is 6.45. The van der Waals surface area contributed by atoms with Gasteiger partial charge in [-0.05, 0) is 38.2 Å². The van der Waals surface area contributed by atoms with Gasteiger partial charge in [-0.2, -0.15) is 5.10 Å². The zero-order valence-electron chi connectivity index (χ0n) is 28.4. The van der Waals surface area contributed by atoms with E-state index < -0.39 is 18.0 Å². The Morgan fingerprint density at radius 3 is 2.50 bits per heavy atom. The maximum Gasteiger partial charge on any atom is 0.295 e. The van der Waals surface area contributed by atoms with Crippen LogP contribution in [0.2, 0.25) is 0 Å². The number of likely N-dealkylation sites (N-methyl/N-ethyl adjacent to an activating group) is 1. The molecule has 2 saturated heterocycles. The number of piperazine rings is 2. The van der Waals surface area contributed by atoms with Gasteiger partial charge in [0.05, 0.1) is 35.5 Å². The number of nitrogens with one attached hydrogen (secondary N) is 4. The van der Waals surface area contributed by atoms with Crippen molar-refractivity contribution in [2.75, 3.05) is 84.6 Å². The first-order valence-corrected chi connectivity index (χ1v) is 16.7. The number of H-pyrrole nitrogens is 2. The molecule has 5 heterocycles. The van der Waals surface area contributed by atoms with Gasteiger partial charge >= 0.3 is 0 Å². The predicted octanol–water partition coefficient (Wildman–Crippen LogP) is -0.217. The number of nitrogens with two attached hydrogens (primary N) is 2. The van der Waals surface area contributed by atoms with Gasteiger partial charge in [-0.1, -0.05) is 18.2 Å². The van der Waals surface area contributed by atoms with Crippen LogP contribution in [0.3, 0.4) is 0 Å². The molecule has 0 radical (unpaired) electrons. The Hall–Kier alpha value is -4.91. The number of carbonyl (C=O) groups excluding carboxylic acids is 3. The van der Waals surface area contributed by atoms with Crippen molar-refractivity contribution in [1.29, 1.82) is 0 Å². The summed E-state index contributed by atoms with van der Waals surface area (Å²) >= 11 is 0. The predicted molar refractivity (Wildman–Crippen MR) is 188 cm³/mol. The van der Waals surface area contributed by atoms with E-state index in [4.69, 9.17) is 16.4 Å². The van der Waals surface area contributed by atoms with Gasteiger partial charge in [-0.25, -0.2) is 16.3 Å². The summed E-state index contributed by atoms with van der Waals surface area (Å²) in [5.74, 6) is 10.9. The molecule has 1 aromatic carbocycles. The Labute approximate surface area is 289 Å². The normalized spacial score (nSPS) is 16.8. The van der Waals surface area contributed by atoms with Crippen LogP contribution in [0.4, 0.5) is 5.69 Å². The fraction of sp³-hybridized carbons (Fsp3) is 0.424. The van der Waals surface area contributed by atoms with Crippen LogP contribution in [0.25, 0.3) is 22.3 Å². The van der Waals surface area contributed by atoms with Crippen LogP contribution in [0, 0.1) is 0 Å². The standard InChI is InChI=1S/C33H45N13O4/c1-42-11-13-43(14-12-42)10-6-9-36-31(48)25-19-24(40-41-25)28-29-27(26(50-2)21-38-28)23(20-37-29)30(47)32(49)44-15-17-45(18-16-44)33(39-34)46(35)22-7-4-3-5-8-22/h3-5,7-8,19-21,33,37,39H,6,9-18,34-35H2,1-2H3,(H,36,48)(H,40,41). The molecule has 50 heavy (non-hydrogen) atoms. The van der Waals surface area contributed by atoms with E-state index in [0.717, 1.165) is 44.8 Å². The number of methoxy groups -OCH3 is 1. The molecule has 0 saturated carbocycles. The lowest BCUT2D eigenvalue weighted by atomic mass is 10.1. The van der Waals surface area contributed by atoms with Crippen LogP contribution in [0.1, 0.15) is 27.3 Å². The number of carbonyl (C=O) groups is 3. The van der Waals surface area contributed by atoms with Crippen LogP contribution in [0.5, 0.6) is 5.75 Å². The Kier molecular flexibility index (Phi) is 11.0. The summed E-state index contributed by atoms with van der Waals surface area (Å²) in [5, 5.41) is 12.0. The SMILES string of the molecule is COc1cnc(-c2cc(C(=O)NCCCN3CCN(C)CC3)[nH]n2)c2[nH]cc(C(=O)C(=O)N3CCN(C(NN)N(N)c4ccccc4)CC3)c12. The highest BCUT2D eigenvalue weighted by atomic mass is 16.5. The maximum absolute atomic E-state index is 13.7. The molecule has 1 atom stereocenters. The second-order valence-electron chi connectivity index (χ2n) is 12.5. The smallest absolute Gasteiger partial charge is 0.295 e. The Morgan fingerprint density at radius 2 is 1.80 bits per heavy atom. The van der Waals surface area contributed by atoms with E-state index in [1.54, 1.807) is 6.07 Å². The number of aromatic nitrogens is 4. The molecule has 266 valence electrons. The van der Waals surface area contributed by atoms with Crippen LogP contribution in [-0.2, 0) is 4.79 Å². The second-order valence-corrected chi connectivity index (χ2v) is 12.5. The molecule has 17 heteroatoms. The van der Waals surface area contributed by atoms with E-state index in [0.29, 0.717) is 60.8 Å². The van der Waals surface area contributed by atoms with Gasteiger partial charge in [0.25, 0.3) is 17.6 Å². The van der Waals surface area contributed by atoms with Crippen LogP contribution in [0.15, 0.2) is 48.8 Å². The molecular weight excluding hydrogens is 642 g/mol. The van der Waals surface area contributed by atoms with E-state index in [2.05, 4.69) is 47.8 Å². The lowest BCUT2D eigenvalue weighted by Crippen LogP contribution is -2.65. The third kappa shape index (κ3) is 7.47. The zero-order valence-corrected chi connectivity index (χ0v) is 28.4. The second kappa shape index (κ2) is 15.8. The third-order valence-corrected chi connectivity index (χ3v) is 9.34. The van der Waals surface area contributed by atoms with E-state index >= 15 is 0 Å². The van der Waals surface area contributed by atoms with Gasteiger partial charge in [0.15, 0.2) is 6.29 Å². The molecule has 17 nitrogen and oxygen atoms in total. The fourth-order valence-electron chi connectivity index (χ4n) is 6.41. The molecule has 2 amide bonds. The first-order valence-electron chi connectivity index (χ1n) is 16.7. The number of rotatable bonds is 13. The van der Waals surface area contributed by atoms with E-state index in [1.807, 2.05) is 35.2 Å². The Morgan fingerprint density at radius 1 is 1.06 bits per heavy atom. The number of ketones is 1. The summed E-state index contributed by atoms with van der Waals surface area (Å²) in [5.41, 5.74) is 5.21. The number of anilines is 1. The summed E-state index contributed by atoms with van der Waals surface area (Å²) in [6.07, 6.45) is 3.28. The molecular formula is C33H45N13O4. The number of pyridine rings is 1. The summed E-state index contributed by atoms with van der Waals surface area (Å²) < 4.78 is 5.55. The number of nitrogens with zero attached hydrogens (tertiary/aromatic N) is 7. The van der Waals surface area contributed by atoms with E-state index in [-0.39, 0.29) is 17.2 Å². The van der Waals surface area contributed by atoms with Crippen molar-refractivity contribution < 1.29 is 19.1 Å². The number of amides is 2. The fourth-order valence-corrected chi connectivity index (χ4v) is 6.41. The van der Waals surface area contributed by atoms with Gasteiger partial charge in [0, 0.05) is 65.1 Å². The number of fused-ring (bicyclic) bond motifs is 1. The molecule has 0 bridgehead atoms. The van der Waals surface area contributed by atoms with Crippen molar-refractivity contribution in [1.82, 2.24) is 50.5 Å². The van der Waals surface area contributed by atoms with Crippen LogP contribution in [-0.4, -0.2) is 143 Å². The molecule has 3 aromatic heterocycles. The highest BCUT2D eigenvalue weighted by Crippen LogP contribution is 2.34. The molecule has 2 fully saturated rings. The van der Waals surface area contributed by atoms with Crippen molar-refractivity contribution in [3.8, 4) is 17.1 Å². The number of hydrazine groups is 2. The minimum absolute atomic E-state index is 0.153. The number of benzene rings is 1. The van der Waals surface area contributed by atoms with Gasteiger partial charge in [-0.3, -0.25) is 35.2 Å².